The number of carbonyl (C=O) groups is 1. The molecule has 2 aromatic rings. The van der Waals surface area contributed by atoms with Crippen LogP contribution < -0.4 is 5.32 Å². The van der Waals surface area contributed by atoms with Crippen molar-refractivity contribution in [2.45, 2.75) is 20.3 Å². The SMILES string of the molecule is CN=C(NCCc1cc(C)cc(C)c1)N1CCN(C(=O)c2ccco2)CC1.I. The highest BCUT2D eigenvalue weighted by molar-refractivity contribution is 14.0. The molecule has 1 aromatic heterocycles. The van der Waals surface area contributed by atoms with Gasteiger partial charge in [0.15, 0.2) is 11.7 Å². The van der Waals surface area contributed by atoms with Gasteiger partial charge in [0.05, 0.1) is 6.26 Å². The van der Waals surface area contributed by atoms with E-state index in [0.717, 1.165) is 32.0 Å². The summed E-state index contributed by atoms with van der Waals surface area (Å²) in [5.74, 6) is 1.25. The zero-order chi connectivity index (χ0) is 19.2. The number of hydrogen-bond acceptors (Lipinski definition) is 3. The number of hydrogen-bond donors (Lipinski definition) is 1. The molecule has 1 aliphatic heterocycles. The third kappa shape index (κ3) is 5.73. The minimum atomic E-state index is -0.0441. The molecular formula is C21H29IN4O2. The van der Waals surface area contributed by atoms with Gasteiger partial charge in [-0.1, -0.05) is 29.3 Å². The van der Waals surface area contributed by atoms with E-state index >= 15 is 0 Å². The van der Waals surface area contributed by atoms with E-state index in [-0.39, 0.29) is 29.9 Å². The molecule has 6 nitrogen and oxygen atoms in total. The summed E-state index contributed by atoms with van der Waals surface area (Å²) in [5, 5.41) is 3.45. The molecule has 1 fully saturated rings. The fourth-order valence-electron chi connectivity index (χ4n) is 3.54. The molecule has 0 saturated carbocycles. The molecule has 1 aromatic carbocycles. The van der Waals surface area contributed by atoms with E-state index in [2.05, 4.69) is 47.3 Å². The number of piperazine rings is 1. The first kappa shape index (κ1) is 22.3. The molecule has 0 spiro atoms. The highest BCUT2D eigenvalue weighted by Gasteiger charge is 2.24. The molecule has 0 bridgehead atoms. The third-order valence-electron chi connectivity index (χ3n) is 4.79. The standard InChI is InChI=1S/C21H28N4O2.HI/c1-16-13-17(2)15-18(14-16)6-7-23-21(22-3)25-10-8-24(9-11-25)20(26)19-5-4-12-27-19;/h4-5,12-15H,6-11H2,1-3H3,(H,22,23);1H. The van der Waals surface area contributed by atoms with Crippen LogP contribution in [0.15, 0.2) is 46.0 Å². The van der Waals surface area contributed by atoms with Crippen LogP contribution in [0, 0.1) is 13.8 Å². The van der Waals surface area contributed by atoms with Crippen LogP contribution in [0.1, 0.15) is 27.2 Å². The van der Waals surface area contributed by atoms with Gasteiger partial charge < -0.3 is 19.5 Å². The van der Waals surface area contributed by atoms with Crippen molar-refractivity contribution in [1.82, 2.24) is 15.1 Å². The fourth-order valence-corrected chi connectivity index (χ4v) is 3.54. The van der Waals surface area contributed by atoms with Gasteiger partial charge in [-0.15, -0.1) is 24.0 Å². The molecule has 0 aliphatic carbocycles. The number of aryl methyl sites for hydroxylation is 2. The largest absolute Gasteiger partial charge is 0.459 e. The van der Waals surface area contributed by atoms with E-state index in [9.17, 15) is 4.79 Å². The Hall–Kier alpha value is -2.03. The topological polar surface area (TPSA) is 61.1 Å². The second kappa shape index (κ2) is 10.5. The molecule has 0 atom stereocenters. The summed E-state index contributed by atoms with van der Waals surface area (Å²) < 4.78 is 5.21. The van der Waals surface area contributed by atoms with Gasteiger partial charge in [-0.25, -0.2) is 0 Å². The second-order valence-electron chi connectivity index (χ2n) is 6.98. The van der Waals surface area contributed by atoms with Crippen molar-refractivity contribution in [2.24, 2.45) is 4.99 Å². The summed E-state index contributed by atoms with van der Waals surface area (Å²) in [7, 11) is 1.81. The van der Waals surface area contributed by atoms with Crippen molar-refractivity contribution in [2.75, 3.05) is 39.8 Å². The van der Waals surface area contributed by atoms with Crippen LogP contribution in [0.4, 0.5) is 0 Å². The molecule has 1 amide bonds. The zero-order valence-corrected chi connectivity index (χ0v) is 19.1. The van der Waals surface area contributed by atoms with Crippen LogP contribution in [-0.4, -0.2) is 61.4 Å². The molecule has 0 unspecified atom stereocenters. The van der Waals surface area contributed by atoms with Gasteiger partial charge in [-0.05, 0) is 38.0 Å². The number of nitrogens with one attached hydrogen (secondary N) is 1. The minimum absolute atomic E-state index is 0. The Morgan fingerprint density at radius 1 is 1.11 bits per heavy atom. The maximum Gasteiger partial charge on any atom is 0.289 e. The first-order chi connectivity index (χ1) is 13.1. The Balaban J connectivity index is 0.00000280. The Morgan fingerprint density at radius 3 is 2.32 bits per heavy atom. The maximum absolute atomic E-state index is 12.4. The first-order valence-corrected chi connectivity index (χ1v) is 9.42. The summed E-state index contributed by atoms with van der Waals surface area (Å²) in [4.78, 5) is 20.8. The smallest absolute Gasteiger partial charge is 0.289 e. The van der Waals surface area contributed by atoms with Crippen LogP contribution >= 0.6 is 24.0 Å². The normalized spacial score (nSPS) is 14.6. The van der Waals surface area contributed by atoms with Gasteiger partial charge in [0, 0.05) is 39.8 Å². The Bertz CT molecular complexity index is 776. The van der Waals surface area contributed by atoms with Gasteiger partial charge in [-0.2, -0.15) is 0 Å². The van der Waals surface area contributed by atoms with Crippen molar-refractivity contribution >= 4 is 35.8 Å². The molecule has 1 N–H and O–H groups in total. The predicted octanol–water partition coefficient (Wildman–Crippen LogP) is 3.09. The molecule has 1 aliphatic rings. The van der Waals surface area contributed by atoms with Crippen LogP contribution in [0.5, 0.6) is 0 Å². The molecule has 152 valence electrons. The molecule has 28 heavy (non-hydrogen) atoms. The summed E-state index contributed by atoms with van der Waals surface area (Å²) in [6.07, 6.45) is 2.49. The fraction of sp³-hybridized carbons (Fsp3) is 0.429. The average Bonchev–Trinajstić information content (AvgIpc) is 3.19. The third-order valence-corrected chi connectivity index (χ3v) is 4.79. The van der Waals surface area contributed by atoms with E-state index in [1.807, 2.05) is 4.90 Å². The van der Waals surface area contributed by atoms with Gasteiger partial charge in [0.1, 0.15) is 0 Å². The molecule has 2 heterocycles. The predicted molar refractivity (Wildman–Crippen MR) is 123 cm³/mol. The zero-order valence-electron chi connectivity index (χ0n) is 16.8. The number of furan rings is 1. The summed E-state index contributed by atoms with van der Waals surface area (Å²) >= 11 is 0. The number of aliphatic imine (C=N–C) groups is 1. The number of nitrogens with zero attached hydrogens (tertiary/aromatic N) is 3. The second-order valence-corrected chi connectivity index (χ2v) is 6.98. The number of amides is 1. The van der Waals surface area contributed by atoms with E-state index in [0.29, 0.717) is 18.8 Å². The molecule has 3 rings (SSSR count). The molecule has 7 heteroatoms. The summed E-state index contributed by atoms with van der Waals surface area (Å²) in [6, 6.07) is 10.1. The van der Waals surface area contributed by atoms with Crippen molar-refractivity contribution in [3.05, 3.63) is 59.0 Å². The first-order valence-electron chi connectivity index (χ1n) is 9.42. The number of halogens is 1. The van der Waals surface area contributed by atoms with Crippen LogP contribution in [0.2, 0.25) is 0 Å². The number of carbonyl (C=O) groups excluding carboxylic acids is 1. The van der Waals surface area contributed by atoms with Gasteiger partial charge in [0.2, 0.25) is 0 Å². The van der Waals surface area contributed by atoms with Crippen molar-refractivity contribution in [1.29, 1.82) is 0 Å². The number of rotatable bonds is 4. The summed E-state index contributed by atoms with van der Waals surface area (Å²) in [6.45, 7) is 7.94. The quantitative estimate of drug-likeness (QED) is 0.402. The van der Waals surface area contributed by atoms with E-state index in [1.54, 1.807) is 19.2 Å². The molecule has 1 saturated heterocycles. The Morgan fingerprint density at radius 2 is 1.75 bits per heavy atom. The van der Waals surface area contributed by atoms with Crippen molar-refractivity contribution in [3.63, 3.8) is 0 Å². The summed E-state index contributed by atoms with van der Waals surface area (Å²) in [5.41, 5.74) is 3.93. The van der Waals surface area contributed by atoms with Gasteiger partial charge in [-0.3, -0.25) is 9.79 Å². The van der Waals surface area contributed by atoms with E-state index in [1.165, 1.54) is 23.0 Å². The lowest BCUT2D eigenvalue weighted by molar-refractivity contribution is 0.0658. The lowest BCUT2D eigenvalue weighted by Gasteiger charge is -2.36. The lowest BCUT2D eigenvalue weighted by atomic mass is 10.1. The maximum atomic E-state index is 12.4. The highest BCUT2D eigenvalue weighted by atomic mass is 127. The molecule has 0 radical (unpaired) electrons. The lowest BCUT2D eigenvalue weighted by Crippen LogP contribution is -2.54. The van der Waals surface area contributed by atoms with Crippen LogP contribution in [0.3, 0.4) is 0 Å². The number of benzene rings is 1. The Labute approximate surface area is 184 Å². The highest BCUT2D eigenvalue weighted by Crippen LogP contribution is 2.11. The average molecular weight is 496 g/mol. The van der Waals surface area contributed by atoms with Crippen LogP contribution in [0.25, 0.3) is 0 Å². The van der Waals surface area contributed by atoms with Crippen LogP contribution in [-0.2, 0) is 6.42 Å². The van der Waals surface area contributed by atoms with Gasteiger partial charge >= 0.3 is 0 Å². The monoisotopic (exact) mass is 496 g/mol. The van der Waals surface area contributed by atoms with E-state index in [4.69, 9.17) is 4.42 Å². The molecular weight excluding hydrogens is 467 g/mol. The Kier molecular flexibility index (Phi) is 8.35. The number of guanidine groups is 1. The minimum Gasteiger partial charge on any atom is -0.459 e. The van der Waals surface area contributed by atoms with Gasteiger partial charge in [0.25, 0.3) is 5.91 Å². The van der Waals surface area contributed by atoms with Crippen molar-refractivity contribution in [3.8, 4) is 0 Å². The van der Waals surface area contributed by atoms with E-state index < -0.39 is 0 Å². The van der Waals surface area contributed by atoms with Crippen molar-refractivity contribution < 1.29 is 9.21 Å².